The van der Waals surface area contributed by atoms with Gasteiger partial charge in [-0.3, -0.25) is 4.90 Å². The highest BCUT2D eigenvalue weighted by Crippen LogP contribution is 2.43. The van der Waals surface area contributed by atoms with Crippen LogP contribution in [0.25, 0.3) is 10.9 Å². The van der Waals surface area contributed by atoms with Crippen LogP contribution in [0.2, 0.25) is 10.0 Å². The van der Waals surface area contributed by atoms with E-state index in [0.717, 1.165) is 19.6 Å². The van der Waals surface area contributed by atoms with E-state index in [-0.39, 0.29) is 0 Å². The molecule has 3 heterocycles. The van der Waals surface area contributed by atoms with Crippen LogP contribution in [0.4, 0.5) is 0 Å². The van der Waals surface area contributed by atoms with Crippen molar-refractivity contribution in [2.45, 2.75) is 44.9 Å². The van der Waals surface area contributed by atoms with Crippen LogP contribution in [0.15, 0.2) is 36.4 Å². The summed E-state index contributed by atoms with van der Waals surface area (Å²) in [5.41, 5.74) is 4.93. The molecule has 28 heavy (non-hydrogen) atoms. The topological polar surface area (TPSA) is 28.4 Å². The standard InChI is InChI=1S/C23H24Cl2N2O/c1-14-3-6-20-17(9-14)22-15-7-8-26(11-15)12-21(22)27(20)13-23(2,28)18-5-4-16(24)10-19(18)25/h3-6,9-10,15,28H,7-8,11-13H2,1-2H3. The van der Waals surface area contributed by atoms with Crippen LogP contribution in [-0.4, -0.2) is 27.7 Å². The normalized spacial score (nSPS) is 23.0. The first-order valence-corrected chi connectivity index (χ1v) is 10.6. The zero-order valence-corrected chi connectivity index (χ0v) is 17.7. The maximum Gasteiger partial charge on any atom is 0.106 e. The summed E-state index contributed by atoms with van der Waals surface area (Å²) in [7, 11) is 0. The van der Waals surface area contributed by atoms with Crippen molar-refractivity contribution in [1.82, 2.24) is 9.47 Å². The Bertz CT molecular complexity index is 1090. The van der Waals surface area contributed by atoms with E-state index in [1.54, 1.807) is 12.1 Å². The molecule has 0 spiro atoms. The monoisotopic (exact) mass is 414 g/mol. The molecule has 1 fully saturated rings. The molecule has 1 saturated heterocycles. The predicted octanol–water partition coefficient (Wildman–Crippen LogP) is 5.47. The van der Waals surface area contributed by atoms with E-state index in [1.807, 2.05) is 13.0 Å². The number of hydrogen-bond acceptors (Lipinski definition) is 2. The van der Waals surface area contributed by atoms with Gasteiger partial charge in [0.1, 0.15) is 5.60 Å². The fraction of sp³-hybridized carbons (Fsp3) is 0.391. The third-order valence-corrected chi connectivity index (χ3v) is 6.95. The Morgan fingerprint density at radius 1 is 1.18 bits per heavy atom. The molecule has 3 aromatic rings. The molecule has 2 bridgehead atoms. The van der Waals surface area contributed by atoms with Crippen molar-refractivity contribution in [2.75, 3.05) is 13.1 Å². The maximum atomic E-state index is 11.4. The van der Waals surface area contributed by atoms with E-state index < -0.39 is 5.60 Å². The first-order valence-electron chi connectivity index (χ1n) is 9.85. The molecule has 5 heteroatoms. The van der Waals surface area contributed by atoms with Gasteiger partial charge in [-0.25, -0.2) is 0 Å². The van der Waals surface area contributed by atoms with Gasteiger partial charge in [0.2, 0.25) is 0 Å². The second-order valence-electron chi connectivity index (χ2n) is 8.59. The highest BCUT2D eigenvalue weighted by molar-refractivity contribution is 6.35. The Morgan fingerprint density at radius 2 is 2.00 bits per heavy atom. The number of fused-ring (bicyclic) bond motifs is 6. The minimum Gasteiger partial charge on any atom is -0.384 e. The summed E-state index contributed by atoms with van der Waals surface area (Å²) in [4.78, 5) is 2.53. The fourth-order valence-corrected chi connectivity index (χ4v) is 5.71. The lowest BCUT2D eigenvalue weighted by molar-refractivity contribution is 0.0382. The van der Waals surface area contributed by atoms with E-state index in [0.29, 0.717) is 28.1 Å². The van der Waals surface area contributed by atoms with E-state index in [2.05, 4.69) is 34.6 Å². The Balaban J connectivity index is 1.66. The maximum absolute atomic E-state index is 11.4. The van der Waals surface area contributed by atoms with Gasteiger partial charge < -0.3 is 9.67 Å². The number of aryl methyl sites for hydroxylation is 1. The van der Waals surface area contributed by atoms with Crippen molar-refractivity contribution in [3.8, 4) is 0 Å². The number of nitrogens with zero attached hydrogens (tertiary/aromatic N) is 2. The van der Waals surface area contributed by atoms with Crippen molar-refractivity contribution in [2.24, 2.45) is 0 Å². The van der Waals surface area contributed by atoms with Gasteiger partial charge in [-0.1, -0.05) is 40.9 Å². The summed E-state index contributed by atoms with van der Waals surface area (Å²) in [6.07, 6.45) is 1.22. The second-order valence-corrected chi connectivity index (χ2v) is 9.43. The summed E-state index contributed by atoms with van der Waals surface area (Å²) in [5.74, 6) is 0.596. The Morgan fingerprint density at radius 3 is 2.79 bits per heavy atom. The summed E-state index contributed by atoms with van der Waals surface area (Å²) in [6, 6.07) is 12.0. The molecular weight excluding hydrogens is 391 g/mol. The lowest BCUT2D eigenvalue weighted by Crippen LogP contribution is -2.32. The summed E-state index contributed by atoms with van der Waals surface area (Å²) >= 11 is 12.5. The molecule has 0 saturated carbocycles. The molecule has 2 aromatic carbocycles. The smallest absolute Gasteiger partial charge is 0.106 e. The molecule has 2 aliphatic rings. The van der Waals surface area contributed by atoms with Gasteiger partial charge in [0.05, 0.1) is 6.54 Å². The third kappa shape index (κ3) is 2.88. The van der Waals surface area contributed by atoms with Crippen LogP contribution in [0.3, 0.4) is 0 Å². The SMILES string of the molecule is Cc1ccc2c(c1)c1c(n2CC(C)(O)c2ccc(Cl)cc2Cl)CN2CCC1C2. The molecule has 3 atom stereocenters. The number of halogens is 2. The van der Waals surface area contributed by atoms with E-state index >= 15 is 0 Å². The van der Waals surface area contributed by atoms with Crippen LogP contribution in [0.1, 0.15) is 41.6 Å². The van der Waals surface area contributed by atoms with Gasteiger partial charge in [-0.05, 0) is 56.6 Å². The third-order valence-electron chi connectivity index (χ3n) is 6.40. The number of hydrogen-bond donors (Lipinski definition) is 1. The fourth-order valence-electron chi connectivity index (χ4n) is 5.10. The highest BCUT2D eigenvalue weighted by Gasteiger charge is 2.37. The minimum atomic E-state index is -1.10. The van der Waals surface area contributed by atoms with Gasteiger partial charge in [0, 0.05) is 51.2 Å². The Kier molecular flexibility index (Phi) is 4.29. The summed E-state index contributed by atoms with van der Waals surface area (Å²) in [6.45, 7) is 7.71. The minimum absolute atomic E-state index is 0.462. The molecular formula is C23H24Cl2N2O. The van der Waals surface area contributed by atoms with Gasteiger partial charge in [-0.2, -0.15) is 0 Å². The van der Waals surface area contributed by atoms with Crippen LogP contribution >= 0.6 is 23.2 Å². The molecule has 0 radical (unpaired) electrons. The molecule has 146 valence electrons. The van der Waals surface area contributed by atoms with Gasteiger partial charge >= 0.3 is 0 Å². The lowest BCUT2D eigenvalue weighted by Gasteiger charge is -2.30. The van der Waals surface area contributed by atoms with E-state index in [1.165, 1.54) is 34.1 Å². The molecule has 3 unspecified atom stereocenters. The predicted molar refractivity (Wildman–Crippen MR) is 115 cm³/mol. The first kappa shape index (κ1) is 18.5. The summed E-state index contributed by atoms with van der Waals surface area (Å²) in [5, 5.41) is 13.9. The van der Waals surface area contributed by atoms with Crippen LogP contribution < -0.4 is 0 Å². The molecule has 0 aliphatic carbocycles. The molecule has 5 rings (SSSR count). The van der Waals surface area contributed by atoms with Crippen molar-refractivity contribution in [1.29, 1.82) is 0 Å². The first-order chi connectivity index (χ1) is 13.3. The van der Waals surface area contributed by atoms with Crippen LogP contribution in [0.5, 0.6) is 0 Å². The lowest BCUT2D eigenvalue weighted by atomic mass is 9.93. The molecule has 1 aromatic heterocycles. The van der Waals surface area contributed by atoms with E-state index in [9.17, 15) is 5.11 Å². The summed E-state index contributed by atoms with van der Waals surface area (Å²) < 4.78 is 2.32. The number of aliphatic hydroxyl groups is 1. The van der Waals surface area contributed by atoms with Crippen molar-refractivity contribution in [3.05, 3.63) is 68.8 Å². The largest absolute Gasteiger partial charge is 0.384 e. The van der Waals surface area contributed by atoms with Crippen LogP contribution in [0, 0.1) is 6.92 Å². The Labute approximate surface area is 175 Å². The van der Waals surface area contributed by atoms with Gasteiger partial charge in [-0.15, -0.1) is 0 Å². The quantitative estimate of drug-likeness (QED) is 0.615. The highest BCUT2D eigenvalue weighted by atomic mass is 35.5. The molecule has 0 amide bonds. The van der Waals surface area contributed by atoms with Crippen molar-refractivity contribution < 1.29 is 5.11 Å². The van der Waals surface area contributed by atoms with Gasteiger partial charge in [0.25, 0.3) is 0 Å². The van der Waals surface area contributed by atoms with Crippen molar-refractivity contribution >= 4 is 34.1 Å². The van der Waals surface area contributed by atoms with Gasteiger partial charge in [0.15, 0.2) is 0 Å². The second kappa shape index (κ2) is 6.50. The zero-order chi connectivity index (χ0) is 19.6. The zero-order valence-electron chi connectivity index (χ0n) is 16.2. The van der Waals surface area contributed by atoms with E-state index in [4.69, 9.17) is 23.2 Å². The average Bonchev–Trinajstić information content (AvgIpc) is 3.14. The average molecular weight is 415 g/mol. The van der Waals surface area contributed by atoms with Crippen LogP contribution in [-0.2, 0) is 18.7 Å². The Hall–Kier alpha value is -1.52. The van der Waals surface area contributed by atoms with Crippen molar-refractivity contribution in [3.63, 3.8) is 0 Å². The number of aromatic nitrogens is 1. The number of rotatable bonds is 3. The molecule has 3 nitrogen and oxygen atoms in total. The molecule has 1 N–H and O–H groups in total. The molecule has 2 aliphatic heterocycles. The number of benzene rings is 2.